The summed E-state index contributed by atoms with van der Waals surface area (Å²) in [5.41, 5.74) is 4.62. The molecule has 0 bridgehead atoms. The maximum absolute atomic E-state index is 4.64. The second kappa shape index (κ2) is 6.89. The third-order valence-electron chi connectivity index (χ3n) is 3.38. The van der Waals surface area contributed by atoms with Crippen molar-refractivity contribution >= 4 is 11.3 Å². The van der Waals surface area contributed by atoms with Crippen LogP contribution in [0, 0.1) is 0 Å². The van der Waals surface area contributed by atoms with Crippen molar-refractivity contribution in [2.75, 3.05) is 6.54 Å². The third kappa shape index (κ3) is 4.06. The number of nitrogens with zero attached hydrogens (tertiary/aromatic N) is 1. The molecule has 0 unspecified atom stereocenters. The van der Waals surface area contributed by atoms with Gasteiger partial charge < -0.3 is 0 Å². The first-order valence-corrected chi connectivity index (χ1v) is 6.88. The summed E-state index contributed by atoms with van der Waals surface area (Å²) >= 11 is 0. The van der Waals surface area contributed by atoms with Crippen molar-refractivity contribution in [1.29, 1.82) is 0 Å². The van der Waals surface area contributed by atoms with E-state index in [0.717, 1.165) is 29.8 Å². The molecule has 0 heterocycles. The van der Waals surface area contributed by atoms with Crippen LogP contribution in [-0.4, -0.2) is 12.3 Å². The first kappa shape index (κ1) is 13.5. The fourth-order valence-corrected chi connectivity index (χ4v) is 2.15. The van der Waals surface area contributed by atoms with E-state index in [9.17, 15) is 0 Å². The van der Waals surface area contributed by atoms with Crippen molar-refractivity contribution in [3.8, 4) is 0 Å². The molecule has 0 saturated carbocycles. The average molecular weight is 251 g/mol. The molecule has 1 aliphatic carbocycles. The Hall–Kier alpha value is -1.89. The van der Waals surface area contributed by atoms with Gasteiger partial charge in [0.2, 0.25) is 0 Å². The summed E-state index contributed by atoms with van der Waals surface area (Å²) in [5, 5.41) is 0. The van der Waals surface area contributed by atoms with E-state index in [1.807, 2.05) is 25.1 Å². The molecule has 1 aromatic carbocycles. The predicted octanol–water partition coefficient (Wildman–Crippen LogP) is 4.83. The van der Waals surface area contributed by atoms with Crippen LogP contribution in [0.4, 0.5) is 0 Å². The molecule has 0 aromatic heterocycles. The largest absolute Gasteiger partial charge is 0.289 e. The van der Waals surface area contributed by atoms with E-state index in [2.05, 4.69) is 41.9 Å². The lowest BCUT2D eigenvalue weighted by Gasteiger charge is -2.07. The van der Waals surface area contributed by atoms with Crippen molar-refractivity contribution in [1.82, 2.24) is 0 Å². The molecule has 2 rings (SSSR count). The fraction of sp³-hybridized carbons (Fsp3) is 0.278. The molecule has 1 aromatic rings. The van der Waals surface area contributed by atoms with Gasteiger partial charge >= 0.3 is 0 Å². The Morgan fingerprint density at radius 3 is 2.68 bits per heavy atom. The van der Waals surface area contributed by atoms with Gasteiger partial charge in [0.1, 0.15) is 0 Å². The quantitative estimate of drug-likeness (QED) is 0.665. The molecule has 1 nitrogen and oxygen atoms in total. The van der Waals surface area contributed by atoms with Crippen molar-refractivity contribution in [3.63, 3.8) is 0 Å². The van der Waals surface area contributed by atoms with Crippen molar-refractivity contribution in [2.24, 2.45) is 4.99 Å². The van der Waals surface area contributed by atoms with Crippen LogP contribution in [0.25, 0.3) is 5.57 Å². The lowest BCUT2D eigenvalue weighted by Crippen LogP contribution is -1.98. The third-order valence-corrected chi connectivity index (χ3v) is 3.38. The summed E-state index contributed by atoms with van der Waals surface area (Å²) in [4.78, 5) is 4.64. The van der Waals surface area contributed by atoms with Gasteiger partial charge in [-0.1, -0.05) is 60.7 Å². The Kier molecular flexibility index (Phi) is 4.91. The van der Waals surface area contributed by atoms with E-state index in [1.165, 1.54) is 18.4 Å². The van der Waals surface area contributed by atoms with Gasteiger partial charge in [0.05, 0.1) is 0 Å². The Labute approximate surface area is 116 Å². The highest BCUT2D eigenvalue weighted by Gasteiger charge is 2.02. The Balaban J connectivity index is 1.90. The highest BCUT2D eigenvalue weighted by Crippen LogP contribution is 2.15. The summed E-state index contributed by atoms with van der Waals surface area (Å²) in [6.07, 6.45) is 10.2. The van der Waals surface area contributed by atoms with Crippen LogP contribution < -0.4 is 0 Å². The van der Waals surface area contributed by atoms with Crippen LogP contribution in [0.15, 0.2) is 65.7 Å². The molecule has 98 valence electrons. The number of hydrogen-bond acceptors (Lipinski definition) is 1. The predicted molar refractivity (Wildman–Crippen MR) is 84.5 cm³/mol. The molecular formula is C18H21N. The fourth-order valence-electron chi connectivity index (χ4n) is 2.15. The van der Waals surface area contributed by atoms with Crippen LogP contribution in [0.2, 0.25) is 0 Å². The van der Waals surface area contributed by atoms with Crippen LogP contribution in [0.5, 0.6) is 0 Å². The number of hydrogen-bond donors (Lipinski definition) is 0. The molecule has 1 aliphatic rings. The van der Waals surface area contributed by atoms with Crippen LogP contribution in [0.3, 0.4) is 0 Å². The van der Waals surface area contributed by atoms with Crippen molar-refractivity contribution < 1.29 is 0 Å². The molecular weight excluding hydrogens is 230 g/mol. The molecule has 0 atom stereocenters. The van der Waals surface area contributed by atoms with Crippen LogP contribution in [0.1, 0.15) is 31.7 Å². The van der Waals surface area contributed by atoms with Gasteiger partial charge in [-0.25, -0.2) is 0 Å². The molecule has 1 heteroatoms. The van der Waals surface area contributed by atoms with Gasteiger partial charge in [0.15, 0.2) is 0 Å². The number of aliphatic imine (C=N–C) groups is 1. The van der Waals surface area contributed by atoms with Gasteiger partial charge in [-0.15, -0.1) is 0 Å². The van der Waals surface area contributed by atoms with Crippen molar-refractivity contribution in [3.05, 3.63) is 66.3 Å². The van der Waals surface area contributed by atoms with E-state index in [4.69, 9.17) is 0 Å². The zero-order valence-electron chi connectivity index (χ0n) is 11.6. The molecule has 19 heavy (non-hydrogen) atoms. The zero-order valence-corrected chi connectivity index (χ0v) is 11.6. The van der Waals surface area contributed by atoms with Gasteiger partial charge in [-0.05, 0) is 37.3 Å². The molecule has 0 amide bonds. The van der Waals surface area contributed by atoms with E-state index in [1.54, 1.807) is 0 Å². The SMILES string of the molecule is C=C(C(C)=NCCC1=CCCC=C1)c1ccccc1. The normalized spacial score (nSPS) is 15.2. The summed E-state index contributed by atoms with van der Waals surface area (Å²) in [6, 6.07) is 10.2. The second-order valence-corrected chi connectivity index (χ2v) is 4.82. The van der Waals surface area contributed by atoms with Gasteiger partial charge in [-0.2, -0.15) is 0 Å². The van der Waals surface area contributed by atoms with Crippen LogP contribution >= 0.6 is 0 Å². The Bertz CT molecular complexity index is 518. The van der Waals surface area contributed by atoms with E-state index >= 15 is 0 Å². The van der Waals surface area contributed by atoms with E-state index < -0.39 is 0 Å². The minimum Gasteiger partial charge on any atom is -0.289 e. The monoisotopic (exact) mass is 251 g/mol. The zero-order chi connectivity index (χ0) is 13.5. The van der Waals surface area contributed by atoms with Crippen molar-refractivity contribution in [2.45, 2.75) is 26.2 Å². The van der Waals surface area contributed by atoms with Gasteiger partial charge in [-0.3, -0.25) is 4.99 Å². The standard InChI is InChI=1S/C18H21N/c1-15(18-11-7-4-8-12-18)16(2)19-14-13-17-9-5-3-6-10-17/h4-5,7-12H,1,3,6,13-14H2,2H3. The summed E-state index contributed by atoms with van der Waals surface area (Å²) in [5.74, 6) is 0. The minimum atomic E-state index is 0.841. The summed E-state index contributed by atoms with van der Waals surface area (Å²) in [7, 11) is 0. The van der Waals surface area contributed by atoms with E-state index in [0.29, 0.717) is 0 Å². The Morgan fingerprint density at radius 2 is 2.00 bits per heavy atom. The van der Waals surface area contributed by atoms with Gasteiger partial charge in [0.25, 0.3) is 0 Å². The highest BCUT2D eigenvalue weighted by molar-refractivity contribution is 6.21. The molecule has 0 spiro atoms. The van der Waals surface area contributed by atoms with Gasteiger partial charge in [0, 0.05) is 12.3 Å². The first-order chi connectivity index (χ1) is 9.27. The smallest absolute Gasteiger partial charge is 0.0432 e. The van der Waals surface area contributed by atoms with Crippen LogP contribution in [-0.2, 0) is 0 Å². The molecule has 0 N–H and O–H groups in total. The highest BCUT2D eigenvalue weighted by atomic mass is 14.7. The maximum Gasteiger partial charge on any atom is 0.0432 e. The number of benzene rings is 1. The molecule has 0 radical (unpaired) electrons. The number of allylic oxidation sites excluding steroid dienone is 4. The number of rotatable bonds is 5. The maximum atomic E-state index is 4.64. The summed E-state index contributed by atoms with van der Waals surface area (Å²) < 4.78 is 0. The van der Waals surface area contributed by atoms with E-state index in [-0.39, 0.29) is 0 Å². The molecule has 0 fully saturated rings. The summed E-state index contributed by atoms with van der Waals surface area (Å²) in [6.45, 7) is 7.01. The minimum absolute atomic E-state index is 0.841. The average Bonchev–Trinajstić information content (AvgIpc) is 2.48. The first-order valence-electron chi connectivity index (χ1n) is 6.88. The Morgan fingerprint density at radius 1 is 1.21 bits per heavy atom. The topological polar surface area (TPSA) is 12.4 Å². The second-order valence-electron chi connectivity index (χ2n) is 4.82. The molecule has 0 aliphatic heterocycles. The lowest BCUT2D eigenvalue weighted by atomic mass is 10.0. The molecule has 0 saturated heterocycles. The lowest BCUT2D eigenvalue weighted by molar-refractivity contribution is 0.928.